The first kappa shape index (κ1) is 23.6. The Labute approximate surface area is 202 Å². The van der Waals surface area contributed by atoms with Crippen molar-refractivity contribution in [3.63, 3.8) is 0 Å². The van der Waals surface area contributed by atoms with Crippen molar-refractivity contribution in [2.75, 3.05) is 11.5 Å². The molecule has 2 heterocycles. The normalized spacial score (nSPS) is 17.4. The van der Waals surface area contributed by atoms with Crippen LogP contribution in [-0.4, -0.2) is 28.6 Å². The molecule has 1 aromatic heterocycles. The van der Waals surface area contributed by atoms with Crippen LogP contribution >= 0.6 is 11.6 Å². The number of halogens is 1. The topological polar surface area (TPSA) is 92.9 Å². The van der Waals surface area contributed by atoms with Gasteiger partial charge in [-0.25, -0.2) is 0 Å². The van der Waals surface area contributed by atoms with Crippen molar-refractivity contribution >= 4 is 34.9 Å². The number of aromatic nitrogens is 1. The van der Waals surface area contributed by atoms with Crippen molar-refractivity contribution < 1.29 is 24.0 Å². The smallest absolute Gasteiger partial charge is 0.301 e. The molecule has 1 saturated heterocycles. The van der Waals surface area contributed by atoms with Crippen LogP contribution in [-0.2, 0) is 9.59 Å². The average molecular weight is 481 g/mol. The summed E-state index contributed by atoms with van der Waals surface area (Å²) in [7, 11) is 0. The number of aryl methyl sites for hydroxylation is 1. The van der Waals surface area contributed by atoms with E-state index >= 15 is 0 Å². The van der Waals surface area contributed by atoms with Crippen molar-refractivity contribution in [2.45, 2.75) is 39.2 Å². The minimum atomic E-state index is -0.894. The van der Waals surface area contributed by atoms with Crippen molar-refractivity contribution in [1.82, 2.24) is 5.16 Å². The highest BCUT2D eigenvalue weighted by Gasteiger charge is 2.48. The molecule has 1 aliphatic heterocycles. The second kappa shape index (κ2) is 10.1. The average Bonchev–Trinajstić information content (AvgIpc) is 3.37. The highest BCUT2D eigenvalue weighted by atomic mass is 35.5. The zero-order valence-corrected chi connectivity index (χ0v) is 19.7. The largest absolute Gasteiger partial charge is 0.507 e. The van der Waals surface area contributed by atoms with E-state index in [9.17, 15) is 14.7 Å². The molecule has 0 spiro atoms. The molecule has 3 aromatic rings. The number of amides is 1. The lowest BCUT2D eigenvalue weighted by Gasteiger charge is -2.23. The van der Waals surface area contributed by atoms with Gasteiger partial charge in [-0.3, -0.25) is 14.5 Å². The molecule has 1 atom stereocenters. The molecular weight excluding hydrogens is 456 g/mol. The molecule has 176 valence electrons. The summed E-state index contributed by atoms with van der Waals surface area (Å²) in [4.78, 5) is 27.4. The fraction of sp³-hybridized carbons (Fsp3) is 0.269. The summed E-state index contributed by atoms with van der Waals surface area (Å²) in [6.45, 7) is 4.44. The van der Waals surface area contributed by atoms with E-state index in [0.29, 0.717) is 34.3 Å². The Kier molecular flexibility index (Phi) is 7.03. The number of carbonyl (C=O) groups excluding carboxylic acids is 2. The van der Waals surface area contributed by atoms with Gasteiger partial charge in [0.25, 0.3) is 5.78 Å². The number of aliphatic hydroxyl groups excluding tert-OH is 1. The molecule has 4 rings (SSSR count). The number of rotatable bonds is 8. The first-order chi connectivity index (χ1) is 16.4. The molecule has 0 saturated carbocycles. The third kappa shape index (κ3) is 4.70. The van der Waals surface area contributed by atoms with Crippen LogP contribution < -0.4 is 9.64 Å². The number of anilines is 1. The van der Waals surface area contributed by atoms with Gasteiger partial charge in [-0.15, -0.1) is 0 Å². The maximum absolute atomic E-state index is 13.1. The van der Waals surface area contributed by atoms with E-state index < -0.39 is 17.7 Å². The van der Waals surface area contributed by atoms with Gasteiger partial charge in [0, 0.05) is 16.7 Å². The van der Waals surface area contributed by atoms with Gasteiger partial charge >= 0.3 is 5.91 Å². The maximum atomic E-state index is 13.1. The summed E-state index contributed by atoms with van der Waals surface area (Å²) in [5.74, 6) is -0.523. The summed E-state index contributed by atoms with van der Waals surface area (Å²) in [5, 5.41) is 15.5. The number of benzene rings is 2. The van der Waals surface area contributed by atoms with Crippen LogP contribution in [0, 0.1) is 6.92 Å². The highest BCUT2D eigenvalue weighted by molar-refractivity contribution is 6.51. The van der Waals surface area contributed by atoms with Gasteiger partial charge < -0.3 is 14.4 Å². The Morgan fingerprint density at radius 3 is 2.44 bits per heavy atom. The first-order valence-electron chi connectivity index (χ1n) is 11.1. The lowest BCUT2D eigenvalue weighted by molar-refractivity contribution is -0.132. The monoisotopic (exact) mass is 480 g/mol. The van der Waals surface area contributed by atoms with Crippen LogP contribution in [0.25, 0.3) is 5.76 Å². The summed E-state index contributed by atoms with van der Waals surface area (Å²) >= 11 is 5.97. The molecule has 1 aliphatic rings. The number of nitrogens with zero attached hydrogens (tertiary/aromatic N) is 2. The summed E-state index contributed by atoms with van der Waals surface area (Å²) in [5.41, 5.74) is 0.959. The first-order valence-corrected chi connectivity index (χ1v) is 11.5. The molecule has 1 N–H and O–H groups in total. The molecule has 0 aliphatic carbocycles. The lowest BCUT2D eigenvalue weighted by atomic mass is 9.95. The molecule has 34 heavy (non-hydrogen) atoms. The second-order valence-electron chi connectivity index (χ2n) is 8.10. The third-order valence-corrected chi connectivity index (χ3v) is 5.89. The standard InChI is InChI=1S/C26H25ClN2O5/c1-3-4-5-14-33-20-12-8-17(9-13-20)23-22(24(30)18-6-10-19(27)11-7-18)25(31)26(32)29(23)21-15-16(2)34-28-21/h6-13,15,23,30H,3-5,14H2,1-2H3/b24-22+. The van der Waals surface area contributed by atoms with Crippen LogP contribution in [0.4, 0.5) is 5.82 Å². The van der Waals surface area contributed by atoms with Gasteiger partial charge in [-0.1, -0.05) is 48.7 Å². The number of aliphatic hydroxyl groups is 1. The van der Waals surface area contributed by atoms with Gasteiger partial charge in [0.15, 0.2) is 5.82 Å². The van der Waals surface area contributed by atoms with E-state index in [1.165, 1.54) is 4.90 Å². The fourth-order valence-electron chi connectivity index (χ4n) is 3.90. The quantitative estimate of drug-likeness (QED) is 0.189. The molecule has 1 fully saturated rings. The number of Topliss-reactive ketones (excluding diaryl/α,β-unsaturated/α-hetero) is 1. The van der Waals surface area contributed by atoms with Crippen LogP contribution in [0.3, 0.4) is 0 Å². The van der Waals surface area contributed by atoms with Crippen LogP contribution in [0.1, 0.15) is 49.1 Å². The Morgan fingerprint density at radius 2 is 1.82 bits per heavy atom. The van der Waals surface area contributed by atoms with Gasteiger partial charge in [-0.05, 0) is 55.3 Å². The van der Waals surface area contributed by atoms with E-state index in [1.54, 1.807) is 61.5 Å². The predicted octanol–water partition coefficient (Wildman–Crippen LogP) is 5.83. The Morgan fingerprint density at radius 1 is 1.12 bits per heavy atom. The van der Waals surface area contributed by atoms with E-state index in [2.05, 4.69) is 12.1 Å². The Hall–Kier alpha value is -3.58. The number of hydrogen-bond acceptors (Lipinski definition) is 6. The molecular formula is C26H25ClN2O5. The van der Waals surface area contributed by atoms with E-state index in [4.69, 9.17) is 20.9 Å². The SMILES string of the molecule is CCCCCOc1ccc(C2/C(=C(\O)c3ccc(Cl)cc3)C(=O)C(=O)N2c2cc(C)on2)cc1. The van der Waals surface area contributed by atoms with Crippen molar-refractivity contribution in [3.8, 4) is 5.75 Å². The number of ketones is 1. The summed E-state index contributed by atoms with van der Waals surface area (Å²) in [6.07, 6.45) is 3.16. The van der Waals surface area contributed by atoms with Gasteiger partial charge in [0.05, 0.1) is 18.2 Å². The summed E-state index contributed by atoms with van der Waals surface area (Å²) in [6, 6.07) is 14.2. The molecule has 2 aromatic carbocycles. The van der Waals surface area contributed by atoms with E-state index in [1.807, 2.05) is 0 Å². The molecule has 0 bridgehead atoms. The van der Waals surface area contributed by atoms with E-state index in [0.717, 1.165) is 19.3 Å². The third-order valence-electron chi connectivity index (χ3n) is 5.64. The molecule has 0 radical (unpaired) electrons. The molecule has 1 amide bonds. The minimum Gasteiger partial charge on any atom is -0.507 e. The fourth-order valence-corrected chi connectivity index (χ4v) is 4.03. The minimum absolute atomic E-state index is 0.0374. The molecule has 8 heteroatoms. The molecule has 1 unspecified atom stereocenters. The lowest BCUT2D eigenvalue weighted by Crippen LogP contribution is -2.29. The van der Waals surface area contributed by atoms with Crippen molar-refractivity contribution in [3.05, 3.63) is 82.1 Å². The number of unbranched alkanes of at least 4 members (excludes halogenated alkanes) is 2. The van der Waals surface area contributed by atoms with Crippen LogP contribution in [0.2, 0.25) is 5.02 Å². The number of ether oxygens (including phenoxy) is 1. The predicted molar refractivity (Wildman–Crippen MR) is 129 cm³/mol. The number of hydrogen-bond donors (Lipinski definition) is 1. The maximum Gasteiger partial charge on any atom is 0.301 e. The highest BCUT2D eigenvalue weighted by Crippen LogP contribution is 2.42. The van der Waals surface area contributed by atoms with Crippen molar-refractivity contribution in [1.29, 1.82) is 0 Å². The van der Waals surface area contributed by atoms with E-state index in [-0.39, 0.29) is 17.2 Å². The Bertz CT molecular complexity index is 1210. The number of carbonyl (C=O) groups is 2. The second-order valence-corrected chi connectivity index (χ2v) is 8.53. The van der Waals surface area contributed by atoms with Gasteiger partial charge in [-0.2, -0.15) is 0 Å². The summed E-state index contributed by atoms with van der Waals surface area (Å²) < 4.78 is 10.9. The van der Waals surface area contributed by atoms with Crippen LogP contribution in [0.15, 0.2) is 64.7 Å². The van der Waals surface area contributed by atoms with Gasteiger partial charge in [0.1, 0.15) is 17.3 Å². The van der Waals surface area contributed by atoms with Crippen LogP contribution in [0.5, 0.6) is 5.75 Å². The molecule has 7 nitrogen and oxygen atoms in total. The van der Waals surface area contributed by atoms with Gasteiger partial charge in [0.2, 0.25) is 0 Å². The Balaban J connectivity index is 1.76. The zero-order valence-electron chi connectivity index (χ0n) is 19.0. The zero-order chi connectivity index (χ0) is 24.2. The van der Waals surface area contributed by atoms with Crippen molar-refractivity contribution in [2.24, 2.45) is 0 Å².